The Morgan fingerprint density at radius 2 is 2.05 bits per heavy atom. The zero-order valence-electron chi connectivity index (χ0n) is 11.7. The molecule has 0 amide bonds. The van der Waals surface area contributed by atoms with E-state index in [4.69, 9.17) is 0 Å². The first-order chi connectivity index (χ1) is 9.52. The molecule has 4 heteroatoms. The van der Waals surface area contributed by atoms with Crippen molar-refractivity contribution in [2.45, 2.75) is 31.6 Å². The van der Waals surface area contributed by atoms with Crippen LogP contribution in [0.3, 0.4) is 0 Å². The molecule has 2 rings (SSSR count). The molecule has 0 spiro atoms. The van der Waals surface area contributed by atoms with Crippen LogP contribution in [-0.4, -0.2) is 18.9 Å². The number of nitriles is 1. The maximum atomic E-state index is 11.9. The molecule has 0 aromatic heterocycles. The zero-order chi connectivity index (χ0) is 14.8. The second kappa shape index (κ2) is 5.46. The molecule has 0 N–H and O–H groups in total. The molecule has 0 saturated heterocycles. The molecule has 104 valence electrons. The van der Waals surface area contributed by atoms with Crippen LogP contribution >= 0.6 is 0 Å². The lowest BCUT2D eigenvalue weighted by Crippen LogP contribution is -2.40. The summed E-state index contributed by atoms with van der Waals surface area (Å²) < 4.78 is 4.68. The minimum absolute atomic E-state index is 0.130. The molecular weight excluding hydrogens is 254 g/mol. The third-order valence-corrected chi connectivity index (χ3v) is 4.04. The molecule has 0 heterocycles. The molecule has 1 aromatic rings. The molecule has 20 heavy (non-hydrogen) atoms. The summed E-state index contributed by atoms with van der Waals surface area (Å²) in [5.41, 5.74) is 1.20. The van der Waals surface area contributed by atoms with Crippen molar-refractivity contribution < 1.29 is 14.3 Å². The van der Waals surface area contributed by atoms with Crippen LogP contribution in [0.15, 0.2) is 24.3 Å². The average molecular weight is 271 g/mol. The van der Waals surface area contributed by atoms with E-state index < -0.39 is 17.3 Å². The Hall–Kier alpha value is -2.15. The zero-order valence-corrected chi connectivity index (χ0v) is 11.7. The number of nitrogens with zero attached hydrogens (tertiary/aromatic N) is 1. The summed E-state index contributed by atoms with van der Waals surface area (Å²) in [6, 6.07) is 10.0. The molecule has 0 unspecified atom stereocenters. The molecule has 1 aliphatic rings. The van der Waals surface area contributed by atoms with Crippen LogP contribution in [0.2, 0.25) is 0 Å². The Kier molecular flexibility index (Phi) is 3.89. The van der Waals surface area contributed by atoms with Crippen molar-refractivity contribution in [1.29, 1.82) is 5.26 Å². The Labute approximate surface area is 118 Å². The van der Waals surface area contributed by atoms with E-state index in [-0.39, 0.29) is 18.6 Å². The number of carbonyl (C=O) groups excluding carboxylic acids is 2. The molecule has 4 nitrogen and oxygen atoms in total. The van der Waals surface area contributed by atoms with Crippen LogP contribution in [-0.2, 0) is 19.7 Å². The van der Waals surface area contributed by atoms with E-state index in [1.165, 1.54) is 7.11 Å². The second-order valence-electron chi connectivity index (χ2n) is 5.31. The fourth-order valence-corrected chi connectivity index (χ4v) is 2.73. The summed E-state index contributed by atoms with van der Waals surface area (Å²) in [5, 5.41) is 9.61. The first-order valence-electron chi connectivity index (χ1n) is 6.61. The van der Waals surface area contributed by atoms with E-state index in [1.807, 2.05) is 31.2 Å². The van der Waals surface area contributed by atoms with Gasteiger partial charge in [-0.3, -0.25) is 9.59 Å². The number of Topliss-reactive ketones (excluding diaryl/α,β-unsaturated/α-hetero) is 1. The highest BCUT2D eigenvalue weighted by atomic mass is 16.5. The highest BCUT2D eigenvalue weighted by Crippen LogP contribution is 2.40. The van der Waals surface area contributed by atoms with E-state index in [1.54, 1.807) is 0 Å². The normalized spacial score (nSPS) is 25.9. The van der Waals surface area contributed by atoms with Gasteiger partial charge in [0.25, 0.3) is 0 Å². The van der Waals surface area contributed by atoms with Gasteiger partial charge in [-0.25, -0.2) is 0 Å². The van der Waals surface area contributed by atoms with Gasteiger partial charge in [-0.1, -0.05) is 29.8 Å². The van der Waals surface area contributed by atoms with Gasteiger partial charge in [0.15, 0.2) is 0 Å². The number of esters is 1. The van der Waals surface area contributed by atoms with Crippen molar-refractivity contribution in [3.63, 3.8) is 0 Å². The number of aryl methyl sites for hydroxylation is 1. The number of methoxy groups -OCH3 is 1. The van der Waals surface area contributed by atoms with Crippen LogP contribution in [0.5, 0.6) is 0 Å². The fraction of sp³-hybridized carbons (Fsp3) is 0.438. The van der Waals surface area contributed by atoms with Gasteiger partial charge in [0.2, 0.25) is 0 Å². The predicted molar refractivity (Wildman–Crippen MR) is 72.8 cm³/mol. The summed E-state index contributed by atoms with van der Waals surface area (Å²) in [4.78, 5) is 23.6. The quantitative estimate of drug-likeness (QED) is 0.611. The Balaban J connectivity index is 2.36. The van der Waals surface area contributed by atoms with Gasteiger partial charge in [-0.2, -0.15) is 5.26 Å². The van der Waals surface area contributed by atoms with Gasteiger partial charge >= 0.3 is 5.97 Å². The highest BCUT2D eigenvalue weighted by Gasteiger charge is 2.45. The smallest absolute Gasteiger partial charge is 0.316 e. The van der Waals surface area contributed by atoms with Gasteiger partial charge in [0, 0.05) is 6.42 Å². The minimum atomic E-state index is -0.824. The number of benzene rings is 1. The number of hydrogen-bond donors (Lipinski definition) is 0. The monoisotopic (exact) mass is 271 g/mol. The molecule has 0 bridgehead atoms. The largest absolute Gasteiger partial charge is 0.468 e. The lowest BCUT2D eigenvalue weighted by molar-refractivity contribution is -0.151. The second-order valence-corrected chi connectivity index (χ2v) is 5.31. The topological polar surface area (TPSA) is 67.2 Å². The average Bonchev–Trinajstić information content (AvgIpc) is 2.48. The van der Waals surface area contributed by atoms with Crippen molar-refractivity contribution in [3.8, 4) is 6.07 Å². The summed E-state index contributed by atoms with van der Waals surface area (Å²) >= 11 is 0. The molecule has 1 saturated carbocycles. The van der Waals surface area contributed by atoms with Crippen molar-refractivity contribution in [2.75, 3.05) is 7.11 Å². The van der Waals surface area contributed by atoms with Gasteiger partial charge in [-0.05, 0) is 25.3 Å². The van der Waals surface area contributed by atoms with E-state index in [9.17, 15) is 14.9 Å². The molecule has 0 aliphatic heterocycles. The lowest BCUT2D eigenvalue weighted by Gasteiger charge is -2.34. The minimum Gasteiger partial charge on any atom is -0.468 e. The molecule has 2 atom stereocenters. The van der Waals surface area contributed by atoms with E-state index in [0.717, 1.165) is 11.1 Å². The Morgan fingerprint density at radius 3 is 2.60 bits per heavy atom. The molecule has 1 aromatic carbocycles. The predicted octanol–water partition coefficient (Wildman–Crippen LogP) is 2.30. The maximum Gasteiger partial charge on any atom is 0.316 e. The third kappa shape index (κ3) is 2.44. The van der Waals surface area contributed by atoms with Gasteiger partial charge < -0.3 is 4.74 Å². The molecular formula is C16H17NO3. The van der Waals surface area contributed by atoms with Crippen LogP contribution in [0.25, 0.3) is 0 Å². The van der Waals surface area contributed by atoms with E-state index in [2.05, 4.69) is 10.8 Å². The summed E-state index contributed by atoms with van der Waals surface area (Å²) in [7, 11) is 1.27. The number of ether oxygens (including phenoxy) is 1. The Bertz CT molecular complexity index is 562. The number of carbonyl (C=O) groups is 2. The first-order valence-corrected chi connectivity index (χ1v) is 6.61. The van der Waals surface area contributed by atoms with Crippen molar-refractivity contribution in [3.05, 3.63) is 35.4 Å². The van der Waals surface area contributed by atoms with Gasteiger partial charge in [0.05, 0.1) is 18.6 Å². The van der Waals surface area contributed by atoms with Crippen LogP contribution in [0.1, 0.15) is 30.4 Å². The van der Waals surface area contributed by atoms with Crippen LogP contribution in [0.4, 0.5) is 0 Å². The highest BCUT2D eigenvalue weighted by molar-refractivity contribution is 6.00. The van der Waals surface area contributed by atoms with Crippen molar-refractivity contribution >= 4 is 11.8 Å². The number of rotatable bonds is 2. The fourth-order valence-electron chi connectivity index (χ4n) is 2.73. The SMILES string of the molecule is COC(=O)[C@@H]1C[C@](C#N)(c2ccc(C)cc2)CCC1=O. The standard InChI is InChI=1S/C16H17NO3/c1-11-3-5-12(6-4-11)16(10-17)8-7-14(18)13(9-16)15(19)20-2/h3-6,13H,7-9H2,1-2H3/t13-,16-/m1/s1. The first kappa shape index (κ1) is 14.3. The summed E-state index contributed by atoms with van der Waals surface area (Å²) in [5.74, 6) is -1.49. The molecule has 1 aliphatic carbocycles. The number of ketones is 1. The summed E-state index contributed by atoms with van der Waals surface area (Å²) in [6.45, 7) is 1.98. The number of hydrogen-bond acceptors (Lipinski definition) is 4. The third-order valence-electron chi connectivity index (χ3n) is 4.04. The van der Waals surface area contributed by atoms with Crippen LogP contribution < -0.4 is 0 Å². The van der Waals surface area contributed by atoms with Gasteiger partial charge in [0.1, 0.15) is 11.7 Å². The van der Waals surface area contributed by atoms with Crippen LogP contribution in [0, 0.1) is 24.2 Å². The van der Waals surface area contributed by atoms with Crippen molar-refractivity contribution in [1.82, 2.24) is 0 Å². The molecule has 1 fully saturated rings. The maximum absolute atomic E-state index is 11.9. The van der Waals surface area contributed by atoms with E-state index >= 15 is 0 Å². The Morgan fingerprint density at radius 1 is 1.40 bits per heavy atom. The van der Waals surface area contributed by atoms with Gasteiger partial charge in [-0.15, -0.1) is 0 Å². The van der Waals surface area contributed by atoms with E-state index in [0.29, 0.717) is 6.42 Å². The molecule has 0 radical (unpaired) electrons. The lowest BCUT2D eigenvalue weighted by atomic mass is 9.66. The van der Waals surface area contributed by atoms with Crippen molar-refractivity contribution in [2.24, 2.45) is 5.92 Å². The summed E-state index contributed by atoms with van der Waals surface area (Å²) in [6.07, 6.45) is 0.901.